The summed E-state index contributed by atoms with van der Waals surface area (Å²) >= 11 is 0. The second-order valence-corrected chi connectivity index (χ2v) is 3.39. The minimum Gasteiger partial charge on any atom is -0.409 e. The zero-order chi connectivity index (χ0) is 12.8. The molecule has 1 rings (SSSR count). The van der Waals surface area contributed by atoms with Gasteiger partial charge in [-0.15, -0.1) is 0 Å². The SMILES string of the molecule is CCN(C(=O)C/C(N)=N/O)c1cccc(F)c1. The third-order valence-corrected chi connectivity index (χ3v) is 2.20. The van der Waals surface area contributed by atoms with E-state index in [2.05, 4.69) is 5.16 Å². The highest BCUT2D eigenvalue weighted by Gasteiger charge is 2.15. The molecule has 0 saturated carbocycles. The van der Waals surface area contributed by atoms with Gasteiger partial charge in [-0.25, -0.2) is 4.39 Å². The van der Waals surface area contributed by atoms with E-state index in [0.717, 1.165) is 0 Å². The summed E-state index contributed by atoms with van der Waals surface area (Å²) in [5.41, 5.74) is 5.70. The molecule has 6 heteroatoms. The molecule has 0 atom stereocenters. The average molecular weight is 239 g/mol. The van der Waals surface area contributed by atoms with Crippen LogP contribution in [0.1, 0.15) is 13.3 Å². The van der Waals surface area contributed by atoms with Crippen molar-refractivity contribution in [1.82, 2.24) is 0 Å². The molecular weight excluding hydrogens is 225 g/mol. The lowest BCUT2D eigenvalue weighted by molar-refractivity contribution is -0.117. The van der Waals surface area contributed by atoms with Gasteiger partial charge < -0.3 is 15.8 Å². The van der Waals surface area contributed by atoms with Crippen LogP contribution in [0.5, 0.6) is 0 Å². The summed E-state index contributed by atoms with van der Waals surface area (Å²) in [5.74, 6) is -0.948. The number of amidine groups is 1. The van der Waals surface area contributed by atoms with E-state index in [9.17, 15) is 9.18 Å². The molecule has 0 fully saturated rings. The zero-order valence-electron chi connectivity index (χ0n) is 9.43. The number of hydrogen-bond donors (Lipinski definition) is 2. The Kier molecular flexibility index (Phi) is 4.45. The topological polar surface area (TPSA) is 78.9 Å². The second kappa shape index (κ2) is 5.83. The first-order valence-corrected chi connectivity index (χ1v) is 5.10. The van der Waals surface area contributed by atoms with Crippen molar-refractivity contribution < 1.29 is 14.4 Å². The summed E-state index contributed by atoms with van der Waals surface area (Å²) in [6.45, 7) is 2.13. The van der Waals surface area contributed by atoms with Crippen LogP contribution in [0.15, 0.2) is 29.4 Å². The van der Waals surface area contributed by atoms with E-state index in [1.54, 1.807) is 13.0 Å². The summed E-state index contributed by atoms with van der Waals surface area (Å²) in [5, 5.41) is 11.1. The summed E-state index contributed by atoms with van der Waals surface area (Å²) < 4.78 is 13.0. The molecule has 0 spiro atoms. The van der Waals surface area contributed by atoms with E-state index in [-0.39, 0.29) is 18.2 Å². The van der Waals surface area contributed by atoms with Crippen molar-refractivity contribution in [3.05, 3.63) is 30.1 Å². The van der Waals surface area contributed by atoms with E-state index in [1.807, 2.05) is 0 Å². The lowest BCUT2D eigenvalue weighted by Gasteiger charge is -2.20. The number of rotatable bonds is 4. The Labute approximate surface area is 98.3 Å². The number of carbonyl (C=O) groups excluding carboxylic acids is 1. The molecule has 0 radical (unpaired) electrons. The second-order valence-electron chi connectivity index (χ2n) is 3.39. The van der Waals surface area contributed by atoms with Crippen LogP contribution >= 0.6 is 0 Å². The number of amides is 1. The monoisotopic (exact) mass is 239 g/mol. The largest absolute Gasteiger partial charge is 0.409 e. The molecular formula is C11H14FN3O2. The Morgan fingerprint density at radius 1 is 1.59 bits per heavy atom. The number of carbonyl (C=O) groups is 1. The van der Waals surface area contributed by atoms with E-state index in [4.69, 9.17) is 10.9 Å². The summed E-state index contributed by atoms with van der Waals surface area (Å²) in [4.78, 5) is 13.1. The van der Waals surface area contributed by atoms with Crippen molar-refractivity contribution in [3.63, 3.8) is 0 Å². The molecule has 1 aromatic rings. The molecule has 1 aromatic carbocycles. The number of benzene rings is 1. The van der Waals surface area contributed by atoms with Gasteiger partial charge in [0.05, 0.1) is 6.42 Å². The van der Waals surface area contributed by atoms with Gasteiger partial charge in [-0.05, 0) is 25.1 Å². The molecule has 5 nitrogen and oxygen atoms in total. The number of nitrogens with zero attached hydrogens (tertiary/aromatic N) is 2. The number of halogens is 1. The van der Waals surface area contributed by atoms with Gasteiger partial charge in [0.15, 0.2) is 0 Å². The first-order valence-electron chi connectivity index (χ1n) is 5.10. The molecule has 0 aliphatic carbocycles. The first kappa shape index (κ1) is 13.0. The van der Waals surface area contributed by atoms with E-state index in [0.29, 0.717) is 12.2 Å². The molecule has 0 heterocycles. The van der Waals surface area contributed by atoms with Crippen molar-refractivity contribution in [3.8, 4) is 0 Å². The molecule has 3 N–H and O–H groups in total. The van der Waals surface area contributed by atoms with Crippen LogP contribution in [-0.4, -0.2) is 23.5 Å². The molecule has 0 unspecified atom stereocenters. The minimum absolute atomic E-state index is 0.176. The van der Waals surface area contributed by atoms with Gasteiger partial charge in [-0.2, -0.15) is 0 Å². The van der Waals surface area contributed by atoms with Crippen molar-refractivity contribution in [2.24, 2.45) is 10.9 Å². The maximum absolute atomic E-state index is 13.0. The summed E-state index contributed by atoms with van der Waals surface area (Å²) in [6.07, 6.45) is -0.207. The average Bonchev–Trinajstić information content (AvgIpc) is 2.30. The smallest absolute Gasteiger partial charge is 0.234 e. The highest BCUT2D eigenvalue weighted by atomic mass is 19.1. The van der Waals surface area contributed by atoms with Gasteiger partial charge in [0.2, 0.25) is 5.91 Å². The van der Waals surface area contributed by atoms with E-state index in [1.165, 1.54) is 23.1 Å². The molecule has 0 aromatic heterocycles. The molecule has 0 aliphatic heterocycles. The first-order chi connectivity index (χ1) is 8.08. The third kappa shape index (κ3) is 3.44. The van der Waals surface area contributed by atoms with Crippen molar-refractivity contribution in [2.45, 2.75) is 13.3 Å². The Morgan fingerprint density at radius 2 is 2.29 bits per heavy atom. The molecule has 0 aliphatic rings. The van der Waals surface area contributed by atoms with Crippen LogP contribution in [0.4, 0.5) is 10.1 Å². The molecule has 0 saturated heterocycles. The highest BCUT2D eigenvalue weighted by molar-refractivity contribution is 6.06. The van der Waals surface area contributed by atoms with Crippen LogP contribution in [0.3, 0.4) is 0 Å². The predicted octanol–water partition coefficient (Wildman–Crippen LogP) is 1.32. The van der Waals surface area contributed by atoms with E-state index < -0.39 is 5.82 Å². The third-order valence-electron chi connectivity index (χ3n) is 2.20. The van der Waals surface area contributed by atoms with Gasteiger partial charge in [0.25, 0.3) is 0 Å². The normalized spacial score (nSPS) is 11.3. The zero-order valence-corrected chi connectivity index (χ0v) is 9.43. The Morgan fingerprint density at radius 3 is 2.82 bits per heavy atom. The van der Waals surface area contributed by atoms with E-state index >= 15 is 0 Å². The number of hydrogen-bond acceptors (Lipinski definition) is 3. The summed E-state index contributed by atoms with van der Waals surface area (Å²) in [6, 6.07) is 5.69. The Bertz CT molecular complexity index is 434. The Hall–Kier alpha value is -2.11. The predicted molar refractivity (Wildman–Crippen MR) is 62.5 cm³/mol. The van der Waals surface area contributed by atoms with Gasteiger partial charge in [-0.3, -0.25) is 4.79 Å². The quantitative estimate of drug-likeness (QED) is 0.360. The number of oxime groups is 1. The number of nitrogens with two attached hydrogens (primary N) is 1. The van der Waals surface area contributed by atoms with Gasteiger partial charge in [-0.1, -0.05) is 11.2 Å². The van der Waals surface area contributed by atoms with Crippen LogP contribution in [0.25, 0.3) is 0 Å². The molecule has 0 bridgehead atoms. The van der Waals surface area contributed by atoms with Crippen LogP contribution in [0.2, 0.25) is 0 Å². The fraction of sp³-hybridized carbons (Fsp3) is 0.273. The molecule has 1 amide bonds. The lowest BCUT2D eigenvalue weighted by atomic mass is 10.2. The minimum atomic E-state index is -0.419. The van der Waals surface area contributed by atoms with Crippen molar-refractivity contribution in [1.29, 1.82) is 0 Å². The van der Waals surface area contributed by atoms with Gasteiger partial charge in [0, 0.05) is 12.2 Å². The fourth-order valence-electron chi connectivity index (χ4n) is 1.43. The number of anilines is 1. The maximum atomic E-state index is 13.0. The van der Waals surface area contributed by atoms with Crippen molar-refractivity contribution in [2.75, 3.05) is 11.4 Å². The molecule has 17 heavy (non-hydrogen) atoms. The molecule has 92 valence electrons. The highest BCUT2D eigenvalue weighted by Crippen LogP contribution is 2.16. The Balaban J connectivity index is 2.88. The fourth-order valence-corrected chi connectivity index (χ4v) is 1.43. The lowest BCUT2D eigenvalue weighted by Crippen LogP contribution is -2.34. The van der Waals surface area contributed by atoms with Crippen LogP contribution < -0.4 is 10.6 Å². The van der Waals surface area contributed by atoms with Gasteiger partial charge >= 0.3 is 0 Å². The van der Waals surface area contributed by atoms with Crippen molar-refractivity contribution >= 4 is 17.4 Å². The standard InChI is InChI=1S/C11H14FN3O2/c1-2-15(11(16)7-10(13)14-17)9-5-3-4-8(12)6-9/h3-6,17H,2,7H2,1H3,(H2,13,14). The summed E-state index contributed by atoms with van der Waals surface area (Å²) in [7, 11) is 0. The van der Waals surface area contributed by atoms with Crippen LogP contribution in [0, 0.1) is 5.82 Å². The maximum Gasteiger partial charge on any atom is 0.234 e. The van der Waals surface area contributed by atoms with Crippen LogP contribution in [-0.2, 0) is 4.79 Å². The van der Waals surface area contributed by atoms with Gasteiger partial charge in [0.1, 0.15) is 11.7 Å².